The second-order valence-electron chi connectivity index (χ2n) is 5.05. The van der Waals surface area contributed by atoms with E-state index in [1.54, 1.807) is 0 Å². The van der Waals surface area contributed by atoms with Gasteiger partial charge in [0.1, 0.15) is 6.54 Å². The van der Waals surface area contributed by atoms with Gasteiger partial charge < -0.3 is 10.6 Å². The summed E-state index contributed by atoms with van der Waals surface area (Å²) < 4.78 is 2.09. The first kappa shape index (κ1) is 15.1. The first-order valence-corrected chi connectivity index (χ1v) is 7.07. The number of hydrogen-bond acceptors (Lipinski definition) is 4. The third-order valence-electron chi connectivity index (χ3n) is 3.14. The molecule has 0 aliphatic rings. The van der Waals surface area contributed by atoms with E-state index in [1.165, 1.54) is 0 Å². The van der Waals surface area contributed by atoms with Crippen LogP contribution in [-0.4, -0.2) is 20.6 Å². The fraction of sp³-hybridized carbons (Fsp3) is 0.312. The van der Waals surface area contributed by atoms with Crippen molar-refractivity contribution in [2.75, 3.05) is 25.5 Å². The molecule has 1 aromatic heterocycles. The third kappa shape index (κ3) is 4.65. The summed E-state index contributed by atoms with van der Waals surface area (Å²) in [5, 5.41) is 8.49. The summed E-state index contributed by atoms with van der Waals surface area (Å²) in [6.07, 6.45) is 4.97. The van der Waals surface area contributed by atoms with Crippen molar-refractivity contribution in [2.45, 2.75) is 13.0 Å². The average molecular weight is 284 g/mol. The van der Waals surface area contributed by atoms with Gasteiger partial charge >= 0.3 is 0 Å². The normalized spacial score (nSPS) is 11.0. The molecule has 0 aliphatic heterocycles. The second-order valence-corrected chi connectivity index (χ2v) is 5.05. The highest BCUT2D eigenvalue weighted by atomic mass is 15.1. The molecular formula is C16H22N5+. The van der Waals surface area contributed by atoms with Crippen molar-refractivity contribution in [1.29, 1.82) is 0 Å². The van der Waals surface area contributed by atoms with E-state index >= 15 is 0 Å². The number of benzene rings is 1. The van der Waals surface area contributed by atoms with Crippen molar-refractivity contribution in [3.8, 4) is 0 Å². The number of anilines is 1. The van der Waals surface area contributed by atoms with E-state index in [0.29, 0.717) is 6.54 Å². The number of nitrogens with two attached hydrogens (primary N) is 1. The van der Waals surface area contributed by atoms with Crippen molar-refractivity contribution in [3.63, 3.8) is 0 Å². The molecule has 0 radical (unpaired) electrons. The molecular weight excluding hydrogens is 262 g/mol. The number of pyridine rings is 1. The molecule has 5 nitrogen and oxygen atoms in total. The molecule has 0 bridgehead atoms. The minimum Gasteiger partial charge on any atom is -0.378 e. The Morgan fingerprint density at radius 2 is 1.52 bits per heavy atom. The van der Waals surface area contributed by atoms with Crippen molar-refractivity contribution in [3.05, 3.63) is 48.8 Å². The molecule has 0 unspecified atom stereocenters. The molecule has 2 aromatic rings. The number of rotatable bonds is 6. The standard InChI is InChI=1S/C16H22N5/c1-20(2)16-6-4-14(5-7-16)18-19-15-8-12-21(13-9-15)11-3-10-17/h4-9,12-13H,3,10-11,17H2,1-2H3/q+1. The van der Waals surface area contributed by atoms with Crippen LogP contribution in [0, 0.1) is 0 Å². The van der Waals surface area contributed by atoms with E-state index in [9.17, 15) is 0 Å². The Hall–Kier alpha value is -2.27. The SMILES string of the molecule is CN(C)c1ccc(N=Nc2cc[n+](CCCN)cc2)cc1. The van der Waals surface area contributed by atoms with Gasteiger partial charge in [-0.2, -0.15) is 10.2 Å². The third-order valence-corrected chi connectivity index (χ3v) is 3.14. The molecule has 1 heterocycles. The summed E-state index contributed by atoms with van der Waals surface area (Å²) >= 11 is 0. The summed E-state index contributed by atoms with van der Waals surface area (Å²) in [5.74, 6) is 0. The molecule has 0 amide bonds. The Balaban J connectivity index is 2.00. The molecule has 2 rings (SSSR count). The summed E-state index contributed by atoms with van der Waals surface area (Å²) in [4.78, 5) is 2.05. The lowest BCUT2D eigenvalue weighted by Crippen LogP contribution is -2.33. The van der Waals surface area contributed by atoms with Gasteiger partial charge in [-0.3, -0.25) is 0 Å². The lowest BCUT2D eigenvalue weighted by atomic mass is 10.3. The lowest BCUT2D eigenvalue weighted by Gasteiger charge is -2.11. The summed E-state index contributed by atoms with van der Waals surface area (Å²) in [7, 11) is 4.03. The summed E-state index contributed by atoms with van der Waals surface area (Å²) in [6, 6.07) is 11.9. The van der Waals surface area contributed by atoms with Gasteiger partial charge in [0, 0.05) is 38.3 Å². The van der Waals surface area contributed by atoms with E-state index in [0.717, 1.165) is 30.0 Å². The Bertz CT molecular complexity index is 573. The maximum absolute atomic E-state index is 5.50. The van der Waals surface area contributed by atoms with E-state index in [4.69, 9.17) is 5.73 Å². The molecule has 0 saturated carbocycles. The maximum Gasteiger partial charge on any atom is 0.171 e. The molecule has 110 valence electrons. The van der Waals surface area contributed by atoms with Crippen LogP contribution in [-0.2, 0) is 6.54 Å². The van der Waals surface area contributed by atoms with E-state index in [-0.39, 0.29) is 0 Å². The Morgan fingerprint density at radius 3 is 2.05 bits per heavy atom. The fourth-order valence-corrected chi connectivity index (χ4v) is 1.87. The summed E-state index contributed by atoms with van der Waals surface area (Å²) in [6.45, 7) is 1.64. The number of aryl methyl sites for hydroxylation is 1. The molecule has 1 aromatic carbocycles. The molecule has 0 fully saturated rings. The predicted octanol–water partition coefficient (Wildman–Crippen LogP) is 2.80. The fourth-order valence-electron chi connectivity index (χ4n) is 1.87. The van der Waals surface area contributed by atoms with Crippen molar-refractivity contribution < 1.29 is 4.57 Å². The van der Waals surface area contributed by atoms with Crippen LogP contribution in [0.3, 0.4) is 0 Å². The smallest absolute Gasteiger partial charge is 0.171 e. The highest BCUT2D eigenvalue weighted by Gasteiger charge is 1.99. The van der Waals surface area contributed by atoms with Crippen LogP contribution in [0.2, 0.25) is 0 Å². The van der Waals surface area contributed by atoms with Crippen LogP contribution in [0.4, 0.5) is 17.1 Å². The number of azo groups is 1. The zero-order valence-corrected chi connectivity index (χ0v) is 12.6. The maximum atomic E-state index is 5.50. The molecule has 0 aliphatic carbocycles. The van der Waals surface area contributed by atoms with Crippen LogP contribution >= 0.6 is 0 Å². The zero-order chi connectivity index (χ0) is 15.1. The van der Waals surface area contributed by atoms with Gasteiger partial charge in [0.25, 0.3) is 0 Å². The lowest BCUT2D eigenvalue weighted by molar-refractivity contribution is -0.697. The molecule has 0 atom stereocenters. The molecule has 21 heavy (non-hydrogen) atoms. The van der Waals surface area contributed by atoms with Crippen LogP contribution in [0.15, 0.2) is 59.0 Å². The molecule has 0 saturated heterocycles. The van der Waals surface area contributed by atoms with Gasteiger partial charge in [-0.1, -0.05) is 0 Å². The van der Waals surface area contributed by atoms with Gasteiger partial charge in [0.2, 0.25) is 0 Å². The quantitative estimate of drug-likeness (QED) is 0.655. The number of aromatic nitrogens is 1. The number of hydrogen-bond donors (Lipinski definition) is 1. The van der Waals surface area contributed by atoms with Gasteiger partial charge in [-0.25, -0.2) is 4.57 Å². The van der Waals surface area contributed by atoms with Crippen LogP contribution in [0.25, 0.3) is 0 Å². The van der Waals surface area contributed by atoms with Crippen LogP contribution < -0.4 is 15.2 Å². The first-order chi connectivity index (χ1) is 10.2. The first-order valence-electron chi connectivity index (χ1n) is 7.07. The Morgan fingerprint density at radius 1 is 0.952 bits per heavy atom. The van der Waals surface area contributed by atoms with E-state index in [2.05, 4.69) is 19.7 Å². The van der Waals surface area contributed by atoms with E-state index < -0.39 is 0 Å². The van der Waals surface area contributed by atoms with Crippen molar-refractivity contribution in [1.82, 2.24) is 0 Å². The average Bonchev–Trinajstić information content (AvgIpc) is 2.52. The van der Waals surface area contributed by atoms with Gasteiger partial charge in [-0.15, -0.1) is 0 Å². The van der Waals surface area contributed by atoms with Gasteiger partial charge in [0.05, 0.1) is 11.4 Å². The highest BCUT2D eigenvalue weighted by Crippen LogP contribution is 2.20. The molecule has 5 heteroatoms. The van der Waals surface area contributed by atoms with Crippen LogP contribution in [0.5, 0.6) is 0 Å². The minimum absolute atomic E-state index is 0.706. The van der Waals surface area contributed by atoms with Crippen molar-refractivity contribution in [2.24, 2.45) is 16.0 Å². The zero-order valence-electron chi connectivity index (χ0n) is 12.6. The van der Waals surface area contributed by atoms with Gasteiger partial charge in [-0.05, 0) is 30.8 Å². The van der Waals surface area contributed by atoms with Crippen LogP contribution in [0.1, 0.15) is 6.42 Å². The second kappa shape index (κ2) is 7.50. The van der Waals surface area contributed by atoms with Crippen molar-refractivity contribution >= 4 is 17.1 Å². The molecule has 0 spiro atoms. The Labute approximate surface area is 125 Å². The molecule has 2 N–H and O–H groups in total. The Kier molecular flexibility index (Phi) is 5.40. The summed E-state index contributed by atoms with van der Waals surface area (Å²) in [5.41, 5.74) is 8.34. The van der Waals surface area contributed by atoms with Gasteiger partial charge in [0.15, 0.2) is 12.4 Å². The highest BCUT2D eigenvalue weighted by molar-refractivity contribution is 5.51. The number of nitrogens with zero attached hydrogens (tertiary/aromatic N) is 4. The van der Waals surface area contributed by atoms with E-state index in [1.807, 2.05) is 62.9 Å². The minimum atomic E-state index is 0.706. The topological polar surface area (TPSA) is 57.9 Å². The monoisotopic (exact) mass is 284 g/mol. The largest absolute Gasteiger partial charge is 0.378 e. The predicted molar refractivity (Wildman–Crippen MR) is 85.3 cm³/mol.